The van der Waals surface area contributed by atoms with E-state index in [0.29, 0.717) is 6.04 Å². The Morgan fingerprint density at radius 1 is 1.32 bits per heavy atom. The van der Waals surface area contributed by atoms with Crippen LogP contribution in [-0.2, 0) is 6.42 Å². The van der Waals surface area contributed by atoms with Gasteiger partial charge in [0.15, 0.2) is 0 Å². The van der Waals surface area contributed by atoms with Crippen LogP contribution in [0.3, 0.4) is 0 Å². The molecule has 0 fully saturated rings. The normalized spacial score (nSPS) is 12.4. The van der Waals surface area contributed by atoms with Gasteiger partial charge in [-0.15, -0.1) is 6.58 Å². The molecule has 1 aromatic heterocycles. The Labute approximate surface area is 117 Å². The van der Waals surface area contributed by atoms with Gasteiger partial charge in [-0.05, 0) is 51.3 Å². The Bertz CT molecular complexity index is 388. The van der Waals surface area contributed by atoms with Gasteiger partial charge >= 0.3 is 0 Å². The zero-order valence-electron chi connectivity index (χ0n) is 12.6. The lowest BCUT2D eigenvalue weighted by atomic mass is 9.97. The van der Waals surface area contributed by atoms with E-state index in [0.717, 1.165) is 30.7 Å². The van der Waals surface area contributed by atoms with Crippen molar-refractivity contribution in [1.82, 2.24) is 15.5 Å². The van der Waals surface area contributed by atoms with Gasteiger partial charge in [-0.3, -0.25) is 0 Å². The second-order valence-electron chi connectivity index (χ2n) is 5.01. The van der Waals surface area contributed by atoms with Gasteiger partial charge in [-0.1, -0.05) is 25.8 Å². The minimum atomic E-state index is 0.396. The second kappa shape index (κ2) is 8.81. The highest BCUT2D eigenvalue weighted by atomic mass is 15.1. The summed E-state index contributed by atoms with van der Waals surface area (Å²) in [6.07, 6.45) is 8.98. The highest BCUT2D eigenvalue weighted by molar-refractivity contribution is 5.24. The minimum Gasteiger partial charge on any atom is -0.313 e. The highest BCUT2D eigenvalue weighted by Gasteiger charge is 2.14. The van der Waals surface area contributed by atoms with Gasteiger partial charge in [0, 0.05) is 6.04 Å². The number of aromatic nitrogens is 2. The molecular formula is C16H27N3. The van der Waals surface area contributed by atoms with E-state index in [1.165, 1.54) is 24.8 Å². The maximum Gasteiger partial charge on any atom is 0.0676 e. The maximum absolute atomic E-state index is 4.32. The molecule has 0 aromatic carbocycles. The maximum atomic E-state index is 4.32. The van der Waals surface area contributed by atoms with E-state index in [4.69, 9.17) is 0 Å². The van der Waals surface area contributed by atoms with Gasteiger partial charge in [0.25, 0.3) is 0 Å². The number of rotatable bonds is 9. The zero-order valence-corrected chi connectivity index (χ0v) is 12.6. The number of nitrogens with zero attached hydrogens (tertiary/aromatic N) is 2. The van der Waals surface area contributed by atoms with E-state index in [1.54, 1.807) is 0 Å². The molecule has 0 spiro atoms. The summed E-state index contributed by atoms with van der Waals surface area (Å²) in [6, 6.07) is 2.57. The lowest BCUT2D eigenvalue weighted by Crippen LogP contribution is -2.19. The van der Waals surface area contributed by atoms with Crippen LogP contribution >= 0.6 is 0 Å². The van der Waals surface area contributed by atoms with Gasteiger partial charge in [-0.25, -0.2) is 0 Å². The van der Waals surface area contributed by atoms with E-state index in [9.17, 15) is 0 Å². The van der Waals surface area contributed by atoms with Crippen LogP contribution in [0, 0.1) is 6.92 Å². The number of allylic oxidation sites excluding steroid dienone is 1. The molecule has 1 atom stereocenters. The fourth-order valence-electron chi connectivity index (χ4n) is 2.38. The van der Waals surface area contributed by atoms with Gasteiger partial charge in [-0.2, -0.15) is 10.2 Å². The van der Waals surface area contributed by atoms with Gasteiger partial charge in [0.05, 0.1) is 11.4 Å². The molecule has 1 aromatic rings. The molecule has 1 N–H and O–H groups in total. The lowest BCUT2D eigenvalue weighted by Gasteiger charge is -2.19. The first-order chi connectivity index (χ1) is 9.22. The summed E-state index contributed by atoms with van der Waals surface area (Å²) in [5.74, 6) is 0. The fraction of sp³-hybridized carbons (Fsp3) is 0.625. The van der Waals surface area contributed by atoms with Crippen LogP contribution in [0.4, 0.5) is 0 Å². The van der Waals surface area contributed by atoms with Gasteiger partial charge in [0.1, 0.15) is 0 Å². The molecule has 0 amide bonds. The molecule has 1 unspecified atom stereocenters. The van der Waals surface area contributed by atoms with Crippen molar-refractivity contribution in [2.75, 3.05) is 7.05 Å². The average molecular weight is 261 g/mol. The van der Waals surface area contributed by atoms with Gasteiger partial charge in [0.2, 0.25) is 0 Å². The molecule has 1 rings (SSSR count). The predicted molar refractivity (Wildman–Crippen MR) is 81.2 cm³/mol. The van der Waals surface area contributed by atoms with Crippen LogP contribution < -0.4 is 5.32 Å². The van der Waals surface area contributed by atoms with E-state index < -0.39 is 0 Å². The molecule has 19 heavy (non-hydrogen) atoms. The number of unbranched alkanes of at least 4 members (excludes halogenated alkanes) is 3. The number of aryl methyl sites for hydroxylation is 2. The molecule has 0 bridgehead atoms. The summed E-state index contributed by atoms with van der Waals surface area (Å²) in [5, 5.41) is 11.9. The molecule has 106 valence electrons. The van der Waals surface area contributed by atoms with Crippen LogP contribution in [0.15, 0.2) is 18.7 Å². The predicted octanol–water partition coefficient (Wildman–Crippen LogP) is 3.74. The smallest absolute Gasteiger partial charge is 0.0676 e. The molecule has 1 heterocycles. The third-order valence-electron chi connectivity index (χ3n) is 3.49. The highest BCUT2D eigenvalue weighted by Crippen LogP contribution is 2.23. The third-order valence-corrected chi connectivity index (χ3v) is 3.49. The van der Waals surface area contributed by atoms with Crippen molar-refractivity contribution in [3.05, 3.63) is 35.7 Å². The van der Waals surface area contributed by atoms with Crippen molar-refractivity contribution in [1.29, 1.82) is 0 Å². The minimum absolute atomic E-state index is 0.396. The number of hydrogen-bond donors (Lipinski definition) is 1. The Morgan fingerprint density at radius 2 is 2.11 bits per heavy atom. The number of hydrogen-bond acceptors (Lipinski definition) is 3. The van der Waals surface area contributed by atoms with E-state index in [2.05, 4.69) is 35.1 Å². The molecule has 0 aliphatic carbocycles. The Morgan fingerprint density at radius 3 is 2.74 bits per heavy atom. The Hall–Kier alpha value is -1.22. The van der Waals surface area contributed by atoms with Crippen LogP contribution in [0.25, 0.3) is 0 Å². The molecule has 3 nitrogen and oxygen atoms in total. The molecule has 0 radical (unpaired) electrons. The van der Waals surface area contributed by atoms with E-state index >= 15 is 0 Å². The average Bonchev–Trinajstić information content (AvgIpc) is 2.43. The van der Waals surface area contributed by atoms with E-state index in [-0.39, 0.29) is 0 Å². The van der Waals surface area contributed by atoms with E-state index in [1.807, 2.05) is 20.0 Å². The summed E-state index contributed by atoms with van der Waals surface area (Å²) < 4.78 is 0. The van der Waals surface area contributed by atoms with Crippen molar-refractivity contribution in [3.8, 4) is 0 Å². The summed E-state index contributed by atoms with van der Waals surface area (Å²) in [4.78, 5) is 0. The Balaban J connectivity index is 2.63. The van der Waals surface area contributed by atoms with Crippen LogP contribution in [-0.4, -0.2) is 17.2 Å². The third kappa shape index (κ3) is 5.11. The topological polar surface area (TPSA) is 37.8 Å². The monoisotopic (exact) mass is 261 g/mol. The van der Waals surface area contributed by atoms with Crippen LogP contribution in [0.5, 0.6) is 0 Å². The Kier molecular flexibility index (Phi) is 7.34. The van der Waals surface area contributed by atoms with Gasteiger partial charge < -0.3 is 5.32 Å². The van der Waals surface area contributed by atoms with Crippen molar-refractivity contribution in [2.24, 2.45) is 0 Å². The summed E-state index contributed by atoms with van der Waals surface area (Å²) in [6.45, 7) is 7.91. The lowest BCUT2D eigenvalue weighted by molar-refractivity contribution is 0.501. The molecule has 0 aliphatic heterocycles. The molecular weight excluding hydrogens is 234 g/mol. The molecule has 0 saturated carbocycles. The van der Waals surface area contributed by atoms with Crippen molar-refractivity contribution < 1.29 is 0 Å². The first kappa shape index (κ1) is 15.8. The number of nitrogens with one attached hydrogen (secondary N) is 1. The van der Waals surface area contributed by atoms with Crippen LogP contribution in [0.1, 0.15) is 62.0 Å². The van der Waals surface area contributed by atoms with Crippen molar-refractivity contribution in [2.45, 2.75) is 58.4 Å². The molecule has 0 aliphatic rings. The fourth-order valence-corrected chi connectivity index (χ4v) is 2.38. The zero-order chi connectivity index (χ0) is 14.1. The molecule has 0 saturated heterocycles. The second-order valence-corrected chi connectivity index (χ2v) is 5.01. The molecule has 3 heteroatoms. The van der Waals surface area contributed by atoms with Crippen molar-refractivity contribution in [3.63, 3.8) is 0 Å². The van der Waals surface area contributed by atoms with Crippen molar-refractivity contribution >= 4 is 0 Å². The standard InChI is InChI=1S/C16H27N3/c1-5-7-8-9-10-11-16(17-4)14-12-13(3)18-19-15(14)6-2/h5,12,16-17H,1,6-11H2,2-4H3. The largest absolute Gasteiger partial charge is 0.313 e. The summed E-state index contributed by atoms with van der Waals surface area (Å²) in [7, 11) is 2.03. The first-order valence-electron chi connectivity index (χ1n) is 7.34. The quantitative estimate of drug-likeness (QED) is 0.543. The first-order valence-corrected chi connectivity index (χ1v) is 7.34. The summed E-state index contributed by atoms with van der Waals surface area (Å²) >= 11 is 0. The summed E-state index contributed by atoms with van der Waals surface area (Å²) in [5.41, 5.74) is 3.44. The SMILES string of the molecule is C=CCCCCCC(NC)c1cc(C)nnc1CC. The van der Waals surface area contributed by atoms with Crippen LogP contribution in [0.2, 0.25) is 0 Å².